The van der Waals surface area contributed by atoms with Gasteiger partial charge in [0.05, 0.1) is 12.5 Å². The summed E-state index contributed by atoms with van der Waals surface area (Å²) in [5, 5.41) is -0.761. The van der Waals surface area contributed by atoms with Gasteiger partial charge in [-0.15, -0.1) is 11.6 Å². The highest BCUT2D eigenvalue weighted by Gasteiger charge is 2.20. The van der Waals surface area contributed by atoms with Crippen molar-refractivity contribution in [2.75, 3.05) is 7.11 Å². The Labute approximate surface area is 122 Å². The molecule has 0 radical (unpaired) electrons. The van der Waals surface area contributed by atoms with Crippen LogP contribution in [0.25, 0.3) is 0 Å². The summed E-state index contributed by atoms with van der Waals surface area (Å²) < 4.78 is 32.6. The number of aryl methyl sites for hydroxylation is 1. The van der Waals surface area contributed by atoms with Crippen LogP contribution < -0.4 is 4.74 Å². The Morgan fingerprint density at radius 1 is 1.10 bits per heavy atom. The van der Waals surface area contributed by atoms with Crippen molar-refractivity contribution in [3.63, 3.8) is 0 Å². The lowest BCUT2D eigenvalue weighted by Gasteiger charge is -2.13. The summed E-state index contributed by atoms with van der Waals surface area (Å²) in [6.07, 6.45) is 0.363. The molecule has 0 heterocycles. The van der Waals surface area contributed by atoms with Crippen molar-refractivity contribution in [3.05, 3.63) is 64.7 Å². The van der Waals surface area contributed by atoms with Gasteiger partial charge in [0, 0.05) is 17.7 Å². The summed E-state index contributed by atoms with van der Waals surface area (Å²) >= 11 is 6.17. The minimum atomic E-state index is -0.761. The smallest absolute Gasteiger partial charge is 0.134 e. The molecule has 0 bridgehead atoms. The molecule has 1 unspecified atom stereocenters. The molecule has 1 atom stereocenters. The lowest BCUT2D eigenvalue weighted by atomic mass is 10.0. The second kappa shape index (κ2) is 6.23. The van der Waals surface area contributed by atoms with Crippen LogP contribution in [0.5, 0.6) is 5.75 Å². The monoisotopic (exact) mass is 296 g/mol. The van der Waals surface area contributed by atoms with Crippen LogP contribution in [-0.4, -0.2) is 7.11 Å². The lowest BCUT2D eigenvalue weighted by molar-refractivity contribution is 0.405. The summed E-state index contributed by atoms with van der Waals surface area (Å²) in [6.45, 7) is 1.98. The van der Waals surface area contributed by atoms with Crippen LogP contribution in [0.1, 0.15) is 22.1 Å². The minimum absolute atomic E-state index is 0.118. The molecule has 106 valence electrons. The fourth-order valence-electron chi connectivity index (χ4n) is 2.01. The van der Waals surface area contributed by atoms with E-state index in [9.17, 15) is 8.78 Å². The molecule has 2 aromatic rings. The van der Waals surface area contributed by atoms with E-state index in [1.165, 1.54) is 7.11 Å². The van der Waals surface area contributed by atoms with Crippen molar-refractivity contribution in [2.45, 2.75) is 18.7 Å². The lowest BCUT2D eigenvalue weighted by Crippen LogP contribution is -2.03. The van der Waals surface area contributed by atoms with E-state index in [1.807, 2.05) is 31.2 Å². The average Bonchev–Trinajstić information content (AvgIpc) is 2.40. The third kappa shape index (κ3) is 3.28. The molecule has 0 amide bonds. The zero-order chi connectivity index (χ0) is 14.7. The first-order chi connectivity index (χ1) is 9.51. The molecule has 2 rings (SSSR count). The van der Waals surface area contributed by atoms with E-state index in [0.717, 1.165) is 23.3 Å². The van der Waals surface area contributed by atoms with E-state index >= 15 is 0 Å². The zero-order valence-electron chi connectivity index (χ0n) is 11.3. The van der Waals surface area contributed by atoms with Gasteiger partial charge in [0.25, 0.3) is 0 Å². The Bertz CT molecular complexity index is 573. The fourth-order valence-corrected chi connectivity index (χ4v) is 2.40. The van der Waals surface area contributed by atoms with Gasteiger partial charge in [0.2, 0.25) is 0 Å². The standard InChI is InChI=1S/C16H15ClF2O/c1-10-3-5-11(6-4-10)7-13(17)16-14(18)8-12(20-2)9-15(16)19/h3-6,8-9,13H,7H2,1-2H3. The molecule has 0 aliphatic rings. The zero-order valence-corrected chi connectivity index (χ0v) is 12.0. The average molecular weight is 297 g/mol. The maximum atomic E-state index is 13.9. The number of alkyl halides is 1. The third-order valence-corrected chi connectivity index (χ3v) is 3.51. The van der Waals surface area contributed by atoms with Crippen LogP contribution in [0.15, 0.2) is 36.4 Å². The quantitative estimate of drug-likeness (QED) is 0.736. The normalized spacial score (nSPS) is 12.2. The molecule has 20 heavy (non-hydrogen) atoms. The van der Waals surface area contributed by atoms with Crippen LogP contribution in [0.2, 0.25) is 0 Å². The Balaban J connectivity index is 2.25. The molecule has 0 aliphatic heterocycles. The van der Waals surface area contributed by atoms with E-state index in [4.69, 9.17) is 16.3 Å². The molecule has 4 heteroatoms. The van der Waals surface area contributed by atoms with Gasteiger partial charge in [-0.1, -0.05) is 29.8 Å². The molecule has 0 saturated heterocycles. The molecule has 0 saturated carbocycles. The highest BCUT2D eigenvalue weighted by molar-refractivity contribution is 6.21. The van der Waals surface area contributed by atoms with Crippen LogP contribution in [0, 0.1) is 18.6 Å². The van der Waals surface area contributed by atoms with Gasteiger partial charge >= 0.3 is 0 Å². The maximum absolute atomic E-state index is 13.9. The van der Waals surface area contributed by atoms with Crippen molar-refractivity contribution in [1.29, 1.82) is 0 Å². The number of benzene rings is 2. The van der Waals surface area contributed by atoms with Gasteiger partial charge in [0.1, 0.15) is 17.4 Å². The highest BCUT2D eigenvalue weighted by atomic mass is 35.5. The van der Waals surface area contributed by atoms with Crippen LogP contribution >= 0.6 is 11.6 Å². The number of hydrogen-bond donors (Lipinski definition) is 0. The number of hydrogen-bond acceptors (Lipinski definition) is 1. The van der Waals surface area contributed by atoms with Gasteiger partial charge in [-0.3, -0.25) is 0 Å². The third-order valence-electron chi connectivity index (χ3n) is 3.14. The van der Waals surface area contributed by atoms with E-state index in [1.54, 1.807) is 0 Å². The van der Waals surface area contributed by atoms with E-state index in [0.29, 0.717) is 6.42 Å². The van der Waals surface area contributed by atoms with Crippen molar-refractivity contribution in [1.82, 2.24) is 0 Å². The van der Waals surface area contributed by atoms with Gasteiger partial charge in [-0.2, -0.15) is 0 Å². The van der Waals surface area contributed by atoms with Crippen molar-refractivity contribution < 1.29 is 13.5 Å². The maximum Gasteiger partial charge on any atom is 0.134 e. The second-order valence-corrected chi connectivity index (χ2v) is 5.19. The van der Waals surface area contributed by atoms with Gasteiger partial charge in [0.15, 0.2) is 0 Å². The van der Waals surface area contributed by atoms with Gasteiger partial charge in [-0.05, 0) is 18.9 Å². The first-order valence-electron chi connectivity index (χ1n) is 6.24. The Morgan fingerprint density at radius 2 is 1.65 bits per heavy atom. The fraction of sp³-hybridized carbons (Fsp3) is 0.250. The Morgan fingerprint density at radius 3 is 2.15 bits per heavy atom. The highest BCUT2D eigenvalue weighted by Crippen LogP contribution is 2.32. The number of methoxy groups -OCH3 is 1. The summed E-state index contributed by atoms with van der Waals surface area (Å²) in [6, 6.07) is 9.99. The number of halogens is 3. The number of ether oxygens (including phenoxy) is 1. The van der Waals surface area contributed by atoms with E-state index in [2.05, 4.69) is 0 Å². The van der Waals surface area contributed by atoms with Crippen molar-refractivity contribution in [3.8, 4) is 5.75 Å². The van der Waals surface area contributed by atoms with Gasteiger partial charge in [-0.25, -0.2) is 8.78 Å². The summed E-state index contributed by atoms with van der Waals surface area (Å²) in [7, 11) is 1.36. The SMILES string of the molecule is COc1cc(F)c(C(Cl)Cc2ccc(C)cc2)c(F)c1. The summed E-state index contributed by atoms with van der Waals surface area (Å²) in [4.78, 5) is 0. The molecule has 0 spiro atoms. The summed E-state index contributed by atoms with van der Waals surface area (Å²) in [5.41, 5.74) is 1.94. The number of rotatable bonds is 4. The molecule has 0 aromatic heterocycles. The van der Waals surface area contributed by atoms with Crippen LogP contribution in [0.4, 0.5) is 8.78 Å². The molecule has 0 aliphatic carbocycles. The van der Waals surface area contributed by atoms with E-state index < -0.39 is 17.0 Å². The summed E-state index contributed by atoms with van der Waals surface area (Å²) in [5.74, 6) is -1.23. The first-order valence-corrected chi connectivity index (χ1v) is 6.67. The molecule has 2 aromatic carbocycles. The van der Waals surface area contributed by atoms with Crippen molar-refractivity contribution >= 4 is 11.6 Å². The van der Waals surface area contributed by atoms with Crippen molar-refractivity contribution in [2.24, 2.45) is 0 Å². The van der Waals surface area contributed by atoms with Gasteiger partial charge < -0.3 is 4.74 Å². The molecule has 0 N–H and O–H groups in total. The Kier molecular flexibility index (Phi) is 4.61. The second-order valence-electron chi connectivity index (χ2n) is 4.66. The minimum Gasteiger partial charge on any atom is -0.497 e. The molecular weight excluding hydrogens is 282 g/mol. The predicted octanol–water partition coefficient (Wildman–Crippen LogP) is 4.80. The molecular formula is C16H15ClF2O. The topological polar surface area (TPSA) is 9.23 Å². The predicted molar refractivity (Wildman–Crippen MR) is 76.4 cm³/mol. The Hall–Kier alpha value is -1.61. The molecule has 1 nitrogen and oxygen atoms in total. The first kappa shape index (κ1) is 14.8. The molecule has 0 fully saturated rings. The largest absolute Gasteiger partial charge is 0.497 e. The van der Waals surface area contributed by atoms with Crippen LogP contribution in [-0.2, 0) is 6.42 Å². The van der Waals surface area contributed by atoms with Crippen LogP contribution in [0.3, 0.4) is 0 Å². The van der Waals surface area contributed by atoms with E-state index in [-0.39, 0.29) is 11.3 Å².